The Morgan fingerprint density at radius 3 is 0.988 bits per heavy atom. The summed E-state index contributed by atoms with van der Waals surface area (Å²) in [6.07, 6.45) is 0. The molecule has 0 radical (unpaired) electrons. The zero-order valence-electron chi connectivity index (χ0n) is 46.4. The van der Waals surface area contributed by atoms with Gasteiger partial charge in [0.05, 0.1) is 0 Å². The van der Waals surface area contributed by atoms with E-state index >= 15 is 0 Å². The monoisotopic (exact) mass is 1130 g/mol. The van der Waals surface area contributed by atoms with Crippen molar-refractivity contribution in [1.29, 1.82) is 0 Å². The van der Waals surface area contributed by atoms with E-state index in [0.29, 0.717) is 34.9 Å². The van der Waals surface area contributed by atoms with Crippen LogP contribution in [0.2, 0.25) is 0 Å². The molecule has 0 spiro atoms. The molecule has 4 aromatic heterocycles. The Bertz CT molecular complexity index is 4990. The summed E-state index contributed by atoms with van der Waals surface area (Å²) in [5.74, 6) is 3.96. The molecule has 0 N–H and O–H groups in total. The highest BCUT2D eigenvalue weighted by molar-refractivity contribution is 7.26. The molecule has 6 nitrogen and oxygen atoms in total. The van der Waals surface area contributed by atoms with E-state index in [2.05, 4.69) is 182 Å². The first-order chi connectivity index (χ1) is 42.6. The van der Waals surface area contributed by atoms with Crippen LogP contribution in [0, 0.1) is 0 Å². The second kappa shape index (κ2) is 23.0. The van der Waals surface area contributed by atoms with E-state index in [1.807, 2.05) is 144 Å². The number of nitrogens with zero attached hydrogens (tertiary/aromatic N) is 6. The number of aromatic nitrogens is 6. The van der Waals surface area contributed by atoms with Gasteiger partial charge in [0.2, 0.25) is 0 Å². The topological polar surface area (TPSA) is 77.3 Å². The Balaban J connectivity index is 0.000000145. The molecule has 0 unspecified atom stereocenters. The summed E-state index contributed by atoms with van der Waals surface area (Å²) in [5.41, 5.74) is 15.2. The van der Waals surface area contributed by atoms with Gasteiger partial charge in [-0.05, 0) is 80.9 Å². The maximum Gasteiger partial charge on any atom is 0.164 e. The molecule has 404 valence electrons. The Kier molecular flexibility index (Phi) is 13.9. The van der Waals surface area contributed by atoms with Crippen molar-refractivity contribution in [2.45, 2.75) is 0 Å². The van der Waals surface area contributed by atoms with E-state index in [1.165, 1.54) is 68.2 Å². The predicted octanol–water partition coefficient (Wildman–Crippen LogP) is 21.1. The number of benzene rings is 12. The van der Waals surface area contributed by atoms with Crippen LogP contribution in [-0.4, -0.2) is 29.9 Å². The lowest BCUT2D eigenvalue weighted by Gasteiger charge is -2.10. The van der Waals surface area contributed by atoms with Crippen LogP contribution in [0.25, 0.3) is 153 Å². The van der Waals surface area contributed by atoms with Crippen molar-refractivity contribution in [3.63, 3.8) is 0 Å². The lowest BCUT2D eigenvalue weighted by atomic mass is 9.97. The van der Waals surface area contributed by atoms with Crippen LogP contribution in [0.4, 0.5) is 0 Å². The van der Waals surface area contributed by atoms with Gasteiger partial charge in [0.25, 0.3) is 0 Å². The molecule has 0 aliphatic heterocycles. The molecule has 0 bridgehead atoms. The minimum absolute atomic E-state index is 0.654. The van der Waals surface area contributed by atoms with Gasteiger partial charge < -0.3 is 0 Å². The molecule has 0 saturated heterocycles. The van der Waals surface area contributed by atoms with Crippen molar-refractivity contribution < 1.29 is 0 Å². The molecule has 0 aliphatic carbocycles. The molecule has 16 rings (SSSR count). The molecule has 16 aromatic rings. The van der Waals surface area contributed by atoms with Gasteiger partial charge >= 0.3 is 0 Å². The fourth-order valence-electron chi connectivity index (χ4n) is 11.1. The number of hydrogen-bond acceptors (Lipinski definition) is 8. The van der Waals surface area contributed by atoms with Crippen LogP contribution in [0.15, 0.2) is 303 Å². The average molecular weight is 1140 g/mol. The lowest BCUT2D eigenvalue weighted by molar-refractivity contribution is 1.07. The van der Waals surface area contributed by atoms with E-state index < -0.39 is 0 Å². The van der Waals surface area contributed by atoms with Gasteiger partial charge in [-0.3, -0.25) is 0 Å². The molecule has 4 heterocycles. The Morgan fingerprint density at radius 2 is 0.477 bits per heavy atom. The quantitative estimate of drug-likeness (QED) is 0.136. The molecule has 12 aromatic carbocycles. The summed E-state index contributed by atoms with van der Waals surface area (Å²) < 4.78 is 5.28. The van der Waals surface area contributed by atoms with Crippen molar-refractivity contribution in [2.24, 2.45) is 0 Å². The molecule has 86 heavy (non-hydrogen) atoms. The smallest absolute Gasteiger partial charge is 0.164 e. The average Bonchev–Trinajstić information content (AvgIpc) is 3.29. The van der Waals surface area contributed by atoms with Crippen molar-refractivity contribution in [3.8, 4) is 113 Å². The van der Waals surface area contributed by atoms with Gasteiger partial charge in [0.1, 0.15) is 0 Å². The zero-order valence-corrected chi connectivity index (χ0v) is 48.0. The number of rotatable bonds is 10. The number of hydrogen-bond donors (Lipinski definition) is 0. The fourth-order valence-corrected chi connectivity index (χ4v) is 13.5. The fraction of sp³-hybridized carbons (Fsp3) is 0. The predicted molar refractivity (Wildman–Crippen MR) is 360 cm³/mol. The summed E-state index contributed by atoms with van der Waals surface area (Å²) in [4.78, 5) is 29.3. The minimum atomic E-state index is 0.654. The summed E-state index contributed by atoms with van der Waals surface area (Å²) in [5, 5.41) is 5.27. The molecule has 0 amide bonds. The van der Waals surface area contributed by atoms with Gasteiger partial charge in [0.15, 0.2) is 34.9 Å². The van der Waals surface area contributed by atoms with E-state index in [9.17, 15) is 0 Å². The van der Waals surface area contributed by atoms with Gasteiger partial charge in [-0.2, -0.15) is 0 Å². The highest BCUT2D eigenvalue weighted by Crippen LogP contribution is 2.42. The van der Waals surface area contributed by atoms with E-state index in [0.717, 1.165) is 50.1 Å². The number of thiophene rings is 2. The molecular weight excluding hydrogens is 1090 g/mol. The molecule has 8 heteroatoms. The maximum atomic E-state index is 4.93. The van der Waals surface area contributed by atoms with Crippen LogP contribution in [-0.2, 0) is 0 Å². The third kappa shape index (κ3) is 10.5. The Hall–Kier alpha value is -10.9. The van der Waals surface area contributed by atoms with Crippen LogP contribution in [0.3, 0.4) is 0 Å². The Morgan fingerprint density at radius 1 is 0.174 bits per heavy atom. The van der Waals surface area contributed by atoms with Crippen LogP contribution in [0.5, 0.6) is 0 Å². The first kappa shape index (κ1) is 51.9. The van der Waals surface area contributed by atoms with Gasteiger partial charge in [-0.1, -0.05) is 267 Å². The summed E-state index contributed by atoms with van der Waals surface area (Å²) in [7, 11) is 0. The molecular formula is C78H50N6S2. The summed E-state index contributed by atoms with van der Waals surface area (Å²) in [6.45, 7) is 0. The van der Waals surface area contributed by atoms with Crippen LogP contribution in [0.1, 0.15) is 0 Å². The molecule has 0 fully saturated rings. The molecule has 0 aliphatic rings. The van der Waals surface area contributed by atoms with Crippen molar-refractivity contribution in [1.82, 2.24) is 29.9 Å². The first-order valence-electron chi connectivity index (χ1n) is 28.6. The second-order valence-electron chi connectivity index (χ2n) is 21.0. The van der Waals surface area contributed by atoms with Crippen molar-refractivity contribution >= 4 is 63.0 Å². The molecule has 0 atom stereocenters. The van der Waals surface area contributed by atoms with E-state index in [-0.39, 0.29) is 0 Å². The van der Waals surface area contributed by atoms with Gasteiger partial charge in [-0.15, -0.1) is 22.7 Å². The highest BCUT2D eigenvalue weighted by Gasteiger charge is 2.17. The van der Waals surface area contributed by atoms with Crippen molar-refractivity contribution in [2.75, 3.05) is 0 Å². The minimum Gasteiger partial charge on any atom is -0.208 e. The number of fused-ring (bicyclic) bond motifs is 6. The third-order valence-electron chi connectivity index (χ3n) is 15.5. The summed E-state index contributed by atoms with van der Waals surface area (Å²) in [6, 6.07) is 106. The van der Waals surface area contributed by atoms with Gasteiger partial charge in [0, 0.05) is 73.7 Å². The third-order valence-corrected chi connectivity index (χ3v) is 17.8. The SMILES string of the molecule is c1ccc(-c2nc(-c3ccccc3)nc(-c3ccc(-c4cccc(-c5cccc6c5sc5ccccc56)c4)cc3)n2)cc1.c1ccc(-c2nc(-c3ccccc3)nc(-c3cccc(-c4cccc(-c5ccc6c(c5)sc5ccccc56)c4)c3)n2)cc1. The largest absolute Gasteiger partial charge is 0.208 e. The van der Waals surface area contributed by atoms with Crippen LogP contribution < -0.4 is 0 Å². The first-order valence-corrected chi connectivity index (χ1v) is 30.2. The maximum absolute atomic E-state index is 4.93. The van der Waals surface area contributed by atoms with Crippen LogP contribution >= 0.6 is 22.7 Å². The lowest BCUT2D eigenvalue weighted by Crippen LogP contribution is -2.00. The van der Waals surface area contributed by atoms with Gasteiger partial charge in [-0.25, -0.2) is 29.9 Å². The standard InChI is InChI=1S/2C39H25N3S/c1-3-11-26(12-4-1)37-40-38(27-13-5-2-6-14-27)42-39(41-37)32-18-10-17-30(24-32)28-15-9-16-29(23-28)31-21-22-34-33-19-7-8-20-35(33)43-36(34)25-31;1-3-11-27(12-4-1)37-40-38(28-13-5-2-6-14-28)42-39(41-37)29-23-21-26(22-24-29)30-15-9-16-31(25-30)32-18-10-19-34-33-17-7-8-20-35(33)43-36(32)34/h2*1-25H. The van der Waals surface area contributed by atoms with Crippen molar-refractivity contribution in [3.05, 3.63) is 303 Å². The highest BCUT2D eigenvalue weighted by atomic mass is 32.1. The second-order valence-corrected chi connectivity index (χ2v) is 23.1. The normalized spacial score (nSPS) is 11.3. The van der Waals surface area contributed by atoms with E-state index in [4.69, 9.17) is 29.9 Å². The Labute approximate surface area is 505 Å². The summed E-state index contributed by atoms with van der Waals surface area (Å²) >= 11 is 3.71. The van der Waals surface area contributed by atoms with E-state index in [1.54, 1.807) is 0 Å². The zero-order chi connectivity index (χ0) is 57.2. The molecule has 0 saturated carbocycles.